The molecule has 0 atom stereocenters. The van der Waals surface area contributed by atoms with Gasteiger partial charge in [-0.2, -0.15) is 0 Å². The minimum atomic E-state index is -0.265. The maximum absolute atomic E-state index is 13.5. The van der Waals surface area contributed by atoms with E-state index in [4.69, 9.17) is 0 Å². The average molecular weight is 286 g/mol. The van der Waals surface area contributed by atoms with Gasteiger partial charge in [0.1, 0.15) is 5.82 Å². The second-order valence-corrected chi connectivity index (χ2v) is 5.12. The van der Waals surface area contributed by atoms with Gasteiger partial charge in [0.25, 0.3) is 0 Å². The minimum Gasteiger partial charge on any atom is -0.341 e. The molecule has 0 saturated heterocycles. The number of hydrogen-bond acceptors (Lipinski definition) is 1. The van der Waals surface area contributed by atoms with Crippen LogP contribution in [0.15, 0.2) is 22.7 Å². The molecule has 0 heterocycles. The average Bonchev–Trinajstić information content (AvgIpc) is 3.06. The summed E-state index contributed by atoms with van der Waals surface area (Å²) in [6, 6.07) is 4.78. The molecule has 0 bridgehead atoms. The van der Waals surface area contributed by atoms with Crippen molar-refractivity contribution in [3.05, 3.63) is 34.1 Å². The van der Waals surface area contributed by atoms with Gasteiger partial charge in [0.2, 0.25) is 5.91 Å². The minimum absolute atomic E-state index is 0.124. The topological polar surface area (TPSA) is 20.3 Å². The number of carbonyl (C=O) groups is 1. The Bertz CT molecular complexity index is 417. The van der Waals surface area contributed by atoms with Crippen molar-refractivity contribution in [3.8, 4) is 0 Å². The van der Waals surface area contributed by atoms with Gasteiger partial charge < -0.3 is 4.90 Å². The zero-order chi connectivity index (χ0) is 11.7. The summed E-state index contributed by atoms with van der Waals surface area (Å²) in [6.45, 7) is 0.334. The van der Waals surface area contributed by atoms with E-state index in [-0.39, 0.29) is 17.6 Å². The van der Waals surface area contributed by atoms with E-state index in [1.807, 2.05) is 0 Å². The summed E-state index contributed by atoms with van der Waals surface area (Å²) in [6.07, 6.45) is 1.95. The third kappa shape index (κ3) is 2.61. The molecule has 1 aliphatic rings. The Kier molecular flexibility index (Phi) is 3.28. The third-order valence-corrected chi connectivity index (χ3v) is 3.21. The second kappa shape index (κ2) is 4.53. The Labute approximate surface area is 103 Å². The standard InChI is InChI=1S/C12H13BrFNO/c1-15(12(16)8-2-3-8)7-9-6-10(13)4-5-11(9)14/h4-6,8H,2-3,7H2,1H3. The summed E-state index contributed by atoms with van der Waals surface area (Å²) >= 11 is 3.29. The van der Waals surface area contributed by atoms with Crippen molar-refractivity contribution in [1.29, 1.82) is 0 Å². The van der Waals surface area contributed by atoms with Crippen LogP contribution in [0.2, 0.25) is 0 Å². The number of carbonyl (C=O) groups excluding carboxylic acids is 1. The molecule has 1 aromatic carbocycles. The predicted octanol–water partition coefficient (Wildman–Crippen LogP) is 2.96. The molecule has 0 spiro atoms. The van der Waals surface area contributed by atoms with Crippen LogP contribution in [0.1, 0.15) is 18.4 Å². The van der Waals surface area contributed by atoms with Crippen LogP contribution in [0, 0.1) is 11.7 Å². The number of amides is 1. The van der Waals surface area contributed by atoms with E-state index in [1.54, 1.807) is 24.1 Å². The van der Waals surface area contributed by atoms with Gasteiger partial charge in [0.15, 0.2) is 0 Å². The molecule has 0 aromatic heterocycles. The molecule has 0 radical (unpaired) electrons. The SMILES string of the molecule is CN(Cc1cc(Br)ccc1F)C(=O)C1CC1. The zero-order valence-corrected chi connectivity index (χ0v) is 10.6. The van der Waals surface area contributed by atoms with Gasteiger partial charge in [-0.05, 0) is 31.0 Å². The Morgan fingerprint density at radius 3 is 2.88 bits per heavy atom. The smallest absolute Gasteiger partial charge is 0.225 e. The van der Waals surface area contributed by atoms with Gasteiger partial charge in [-0.3, -0.25) is 4.79 Å². The molecule has 0 aliphatic heterocycles. The van der Waals surface area contributed by atoms with Gasteiger partial charge >= 0.3 is 0 Å². The van der Waals surface area contributed by atoms with Crippen LogP contribution in [0.25, 0.3) is 0 Å². The summed E-state index contributed by atoms with van der Waals surface area (Å²) in [5.41, 5.74) is 0.547. The number of halogens is 2. The van der Waals surface area contributed by atoms with E-state index in [9.17, 15) is 9.18 Å². The zero-order valence-electron chi connectivity index (χ0n) is 9.04. The van der Waals surface area contributed by atoms with Crippen LogP contribution >= 0.6 is 15.9 Å². The first-order valence-corrected chi connectivity index (χ1v) is 6.06. The van der Waals surface area contributed by atoms with Crippen molar-refractivity contribution in [2.75, 3.05) is 7.05 Å². The normalized spacial score (nSPS) is 14.9. The molecule has 4 heteroatoms. The van der Waals surface area contributed by atoms with Crippen LogP contribution in [0.4, 0.5) is 4.39 Å². The van der Waals surface area contributed by atoms with E-state index in [0.29, 0.717) is 12.1 Å². The molecule has 16 heavy (non-hydrogen) atoms. The van der Waals surface area contributed by atoms with E-state index in [0.717, 1.165) is 17.3 Å². The van der Waals surface area contributed by atoms with E-state index in [2.05, 4.69) is 15.9 Å². The van der Waals surface area contributed by atoms with Crippen molar-refractivity contribution in [3.63, 3.8) is 0 Å². The predicted molar refractivity (Wildman–Crippen MR) is 63.3 cm³/mol. The third-order valence-electron chi connectivity index (χ3n) is 2.72. The van der Waals surface area contributed by atoms with Gasteiger partial charge in [-0.15, -0.1) is 0 Å². The van der Waals surface area contributed by atoms with E-state index in [1.165, 1.54) is 6.07 Å². The Hall–Kier alpha value is -0.900. The first-order valence-electron chi connectivity index (χ1n) is 5.27. The quantitative estimate of drug-likeness (QED) is 0.836. The lowest BCUT2D eigenvalue weighted by atomic mass is 10.2. The van der Waals surface area contributed by atoms with Gasteiger partial charge in [0.05, 0.1) is 0 Å². The Morgan fingerprint density at radius 1 is 1.56 bits per heavy atom. The Balaban J connectivity index is 2.07. The lowest BCUT2D eigenvalue weighted by molar-refractivity contribution is -0.131. The maximum Gasteiger partial charge on any atom is 0.225 e. The molecule has 0 N–H and O–H groups in total. The molecule has 86 valence electrons. The summed E-state index contributed by atoms with van der Waals surface area (Å²) in [5.74, 6) is 0.0400. The van der Waals surface area contributed by atoms with Gasteiger partial charge in [0, 0.05) is 29.5 Å². The maximum atomic E-state index is 13.5. The summed E-state index contributed by atoms with van der Waals surface area (Å²) in [4.78, 5) is 13.3. The van der Waals surface area contributed by atoms with Gasteiger partial charge in [-0.1, -0.05) is 15.9 Å². The summed E-state index contributed by atoms with van der Waals surface area (Å²) < 4.78 is 14.3. The van der Waals surface area contributed by atoms with Crippen LogP contribution in [-0.4, -0.2) is 17.9 Å². The van der Waals surface area contributed by atoms with Crippen LogP contribution in [-0.2, 0) is 11.3 Å². The van der Waals surface area contributed by atoms with Crippen molar-refractivity contribution in [2.45, 2.75) is 19.4 Å². The molecule has 1 saturated carbocycles. The molecule has 1 aromatic rings. The number of rotatable bonds is 3. The van der Waals surface area contributed by atoms with Crippen LogP contribution < -0.4 is 0 Å². The fraction of sp³-hybridized carbons (Fsp3) is 0.417. The first kappa shape index (κ1) is 11.6. The van der Waals surface area contributed by atoms with Crippen LogP contribution in [0.3, 0.4) is 0 Å². The lowest BCUT2D eigenvalue weighted by Crippen LogP contribution is -2.27. The molecule has 2 rings (SSSR count). The largest absolute Gasteiger partial charge is 0.341 e. The number of hydrogen-bond donors (Lipinski definition) is 0. The molecule has 2 nitrogen and oxygen atoms in total. The molecule has 1 amide bonds. The highest BCUT2D eigenvalue weighted by atomic mass is 79.9. The van der Waals surface area contributed by atoms with Crippen molar-refractivity contribution in [1.82, 2.24) is 4.90 Å². The van der Waals surface area contributed by atoms with Crippen molar-refractivity contribution < 1.29 is 9.18 Å². The molecular formula is C12H13BrFNO. The van der Waals surface area contributed by atoms with Gasteiger partial charge in [-0.25, -0.2) is 4.39 Å². The van der Waals surface area contributed by atoms with Crippen molar-refractivity contribution >= 4 is 21.8 Å². The van der Waals surface area contributed by atoms with E-state index < -0.39 is 0 Å². The Morgan fingerprint density at radius 2 is 2.25 bits per heavy atom. The molecule has 1 fully saturated rings. The summed E-state index contributed by atoms with van der Waals surface area (Å²) in [5, 5.41) is 0. The monoisotopic (exact) mass is 285 g/mol. The molecular weight excluding hydrogens is 273 g/mol. The molecule has 1 aliphatic carbocycles. The number of nitrogens with zero attached hydrogens (tertiary/aromatic N) is 1. The van der Waals surface area contributed by atoms with Crippen molar-refractivity contribution in [2.24, 2.45) is 5.92 Å². The fourth-order valence-corrected chi connectivity index (χ4v) is 2.05. The van der Waals surface area contributed by atoms with E-state index >= 15 is 0 Å². The molecule has 0 unspecified atom stereocenters. The highest BCUT2D eigenvalue weighted by Crippen LogP contribution is 2.31. The first-order chi connectivity index (χ1) is 7.58. The number of benzene rings is 1. The fourth-order valence-electron chi connectivity index (χ4n) is 1.64. The second-order valence-electron chi connectivity index (χ2n) is 4.20. The highest BCUT2D eigenvalue weighted by Gasteiger charge is 2.32. The highest BCUT2D eigenvalue weighted by molar-refractivity contribution is 9.10. The lowest BCUT2D eigenvalue weighted by Gasteiger charge is -2.17. The van der Waals surface area contributed by atoms with Crippen LogP contribution in [0.5, 0.6) is 0 Å². The summed E-state index contributed by atoms with van der Waals surface area (Å²) in [7, 11) is 1.72.